The Bertz CT molecular complexity index is 511. The van der Waals surface area contributed by atoms with E-state index in [0.717, 1.165) is 11.8 Å². The number of carbonyl (C=O) groups is 4. The summed E-state index contributed by atoms with van der Waals surface area (Å²) >= 11 is 1.08. The Labute approximate surface area is 119 Å². The maximum Gasteiger partial charge on any atom is 0.322 e. The molecule has 0 aromatic heterocycles. The molecular formula is C11H14N4O4S. The molecule has 3 saturated heterocycles. The number of likely N-dealkylation sites (tertiary alicyclic amines) is 1. The molecule has 0 aromatic carbocycles. The minimum atomic E-state index is -1.01. The first-order valence-corrected chi connectivity index (χ1v) is 7.34. The zero-order valence-electron chi connectivity index (χ0n) is 10.6. The topological polar surface area (TPSA) is 108 Å². The summed E-state index contributed by atoms with van der Waals surface area (Å²) in [6, 6.07) is -1.06. The zero-order chi connectivity index (χ0) is 14.3. The van der Waals surface area contributed by atoms with E-state index in [0.29, 0.717) is 25.1 Å². The molecule has 8 nitrogen and oxygen atoms in total. The quantitative estimate of drug-likeness (QED) is 0.539. The van der Waals surface area contributed by atoms with Gasteiger partial charge in [-0.3, -0.25) is 19.7 Å². The summed E-state index contributed by atoms with van der Waals surface area (Å²) in [6.45, 7) is 0.682. The molecule has 9 heteroatoms. The minimum Gasteiger partial charge on any atom is -0.338 e. The van der Waals surface area contributed by atoms with E-state index in [1.54, 1.807) is 4.90 Å². The number of hydrogen-bond acceptors (Lipinski definition) is 5. The third-order valence-corrected chi connectivity index (χ3v) is 4.67. The van der Waals surface area contributed by atoms with Gasteiger partial charge in [-0.2, -0.15) is 0 Å². The number of rotatable bonds is 1. The molecule has 3 aliphatic rings. The predicted octanol–water partition coefficient (Wildman–Crippen LogP) is -0.988. The third kappa shape index (κ3) is 2.11. The monoisotopic (exact) mass is 298 g/mol. The molecule has 3 N–H and O–H groups in total. The first-order valence-electron chi connectivity index (χ1n) is 6.36. The van der Waals surface area contributed by atoms with Crippen molar-refractivity contribution in [1.29, 1.82) is 0 Å². The summed E-state index contributed by atoms with van der Waals surface area (Å²) in [5.41, 5.74) is -1.01. The number of hydrogen-bond donors (Lipinski definition) is 3. The second kappa shape index (κ2) is 4.65. The molecule has 1 spiro atoms. The fourth-order valence-electron chi connectivity index (χ4n) is 2.80. The van der Waals surface area contributed by atoms with Crippen LogP contribution in [-0.2, 0) is 9.59 Å². The Kier molecular flexibility index (Phi) is 3.08. The molecule has 0 radical (unpaired) electrons. The van der Waals surface area contributed by atoms with Crippen molar-refractivity contribution < 1.29 is 19.2 Å². The molecule has 3 heterocycles. The van der Waals surface area contributed by atoms with Gasteiger partial charge in [-0.1, -0.05) is 11.8 Å². The largest absolute Gasteiger partial charge is 0.338 e. The van der Waals surface area contributed by atoms with Crippen molar-refractivity contribution >= 4 is 34.8 Å². The number of amides is 5. The molecular weight excluding hydrogens is 284 g/mol. The lowest BCUT2D eigenvalue weighted by Crippen LogP contribution is -2.61. The fraction of sp³-hybridized carbons (Fsp3) is 0.636. The van der Waals surface area contributed by atoms with E-state index >= 15 is 0 Å². The van der Waals surface area contributed by atoms with Gasteiger partial charge in [0.2, 0.25) is 5.91 Å². The molecule has 5 amide bonds. The fourth-order valence-corrected chi connectivity index (χ4v) is 3.57. The molecule has 20 heavy (non-hydrogen) atoms. The maximum absolute atomic E-state index is 12.3. The molecule has 3 aliphatic heterocycles. The number of nitrogens with zero attached hydrogens (tertiary/aromatic N) is 1. The highest BCUT2D eigenvalue weighted by molar-refractivity contribution is 8.14. The minimum absolute atomic E-state index is 0.153. The molecule has 0 bridgehead atoms. The molecule has 0 aliphatic carbocycles. The van der Waals surface area contributed by atoms with Crippen molar-refractivity contribution in [2.75, 3.05) is 18.8 Å². The van der Waals surface area contributed by atoms with Crippen LogP contribution in [0.25, 0.3) is 0 Å². The highest BCUT2D eigenvalue weighted by Crippen LogP contribution is 2.26. The van der Waals surface area contributed by atoms with E-state index in [9.17, 15) is 19.2 Å². The number of piperidine rings is 1. The van der Waals surface area contributed by atoms with Gasteiger partial charge < -0.3 is 15.5 Å². The summed E-state index contributed by atoms with van der Waals surface area (Å²) in [5, 5.41) is 7.22. The lowest BCUT2D eigenvalue weighted by Gasteiger charge is -2.38. The van der Waals surface area contributed by atoms with E-state index in [2.05, 4.69) is 16.0 Å². The predicted molar refractivity (Wildman–Crippen MR) is 70.0 cm³/mol. The van der Waals surface area contributed by atoms with Crippen LogP contribution in [0.15, 0.2) is 0 Å². The van der Waals surface area contributed by atoms with Crippen LogP contribution in [0, 0.1) is 0 Å². The molecule has 0 saturated carbocycles. The van der Waals surface area contributed by atoms with Crippen molar-refractivity contribution in [3.63, 3.8) is 0 Å². The average Bonchev–Trinajstić information content (AvgIpc) is 2.94. The summed E-state index contributed by atoms with van der Waals surface area (Å²) < 4.78 is 0. The van der Waals surface area contributed by atoms with Crippen LogP contribution in [0.1, 0.15) is 12.8 Å². The average molecular weight is 298 g/mol. The highest BCUT2D eigenvalue weighted by Gasteiger charge is 2.50. The van der Waals surface area contributed by atoms with Gasteiger partial charge in [0.25, 0.3) is 11.1 Å². The molecule has 3 rings (SSSR count). The summed E-state index contributed by atoms with van der Waals surface area (Å²) in [6.07, 6.45) is 1.15. The summed E-state index contributed by atoms with van der Waals surface area (Å²) in [5.74, 6) is -0.180. The lowest BCUT2D eigenvalue weighted by molar-refractivity contribution is -0.137. The molecule has 3 fully saturated rings. The highest BCUT2D eigenvalue weighted by atomic mass is 32.2. The van der Waals surface area contributed by atoms with Crippen LogP contribution >= 0.6 is 11.8 Å². The SMILES string of the molecule is O=C1NC(=O)C2(CCCN(C(=O)C3CSC(=O)N3)C2)N1. The van der Waals surface area contributed by atoms with Crippen molar-refractivity contribution in [3.8, 4) is 0 Å². The first-order chi connectivity index (χ1) is 9.50. The van der Waals surface area contributed by atoms with E-state index in [4.69, 9.17) is 0 Å². The van der Waals surface area contributed by atoms with Crippen LogP contribution in [0.5, 0.6) is 0 Å². The van der Waals surface area contributed by atoms with Crippen molar-refractivity contribution in [3.05, 3.63) is 0 Å². The van der Waals surface area contributed by atoms with E-state index < -0.39 is 17.6 Å². The van der Waals surface area contributed by atoms with Gasteiger partial charge in [0.05, 0.1) is 6.54 Å². The van der Waals surface area contributed by atoms with Crippen LogP contribution in [-0.4, -0.2) is 58.4 Å². The molecule has 108 valence electrons. The van der Waals surface area contributed by atoms with Crippen LogP contribution < -0.4 is 16.0 Å². The Hall–Kier alpha value is -1.77. The number of carbonyl (C=O) groups excluding carboxylic acids is 4. The Morgan fingerprint density at radius 2 is 2.15 bits per heavy atom. The Balaban J connectivity index is 1.72. The Morgan fingerprint density at radius 3 is 2.75 bits per heavy atom. The van der Waals surface area contributed by atoms with Crippen LogP contribution in [0.3, 0.4) is 0 Å². The van der Waals surface area contributed by atoms with Gasteiger partial charge >= 0.3 is 6.03 Å². The van der Waals surface area contributed by atoms with Gasteiger partial charge in [-0.25, -0.2) is 4.79 Å². The third-order valence-electron chi connectivity index (χ3n) is 3.79. The standard InChI is InChI=1S/C11H14N4O4S/c16-7(6-4-20-10(19)12-6)15-3-1-2-11(5-15)8(17)13-9(18)14-11/h6H,1-5H2,(H,12,19)(H2,13,14,17,18). The van der Waals surface area contributed by atoms with E-state index in [-0.39, 0.29) is 23.6 Å². The van der Waals surface area contributed by atoms with Crippen molar-refractivity contribution in [2.45, 2.75) is 24.4 Å². The van der Waals surface area contributed by atoms with Gasteiger partial charge in [-0.05, 0) is 12.8 Å². The first kappa shape index (κ1) is 13.2. The van der Waals surface area contributed by atoms with Gasteiger partial charge in [0, 0.05) is 12.3 Å². The second-order valence-electron chi connectivity index (χ2n) is 5.15. The maximum atomic E-state index is 12.3. The lowest BCUT2D eigenvalue weighted by atomic mass is 9.89. The summed E-state index contributed by atoms with van der Waals surface area (Å²) in [4.78, 5) is 48.2. The van der Waals surface area contributed by atoms with Crippen molar-refractivity contribution in [1.82, 2.24) is 20.9 Å². The van der Waals surface area contributed by atoms with Gasteiger partial charge in [0.1, 0.15) is 11.6 Å². The van der Waals surface area contributed by atoms with E-state index in [1.165, 1.54) is 0 Å². The van der Waals surface area contributed by atoms with Gasteiger partial charge in [-0.15, -0.1) is 0 Å². The molecule has 2 atom stereocenters. The molecule has 0 aromatic rings. The van der Waals surface area contributed by atoms with Gasteiger partial charge in [0.15, 0.2) is 0 Å². The number of imide groups is 1. The number of thioether (sulfide) groups is 1. The molecule has 2 unspecified atom stereocenters. The normalized spacial score (nSPS) is 33.1. The summed E-state index contributed by atoms with van der Waals surface area (Å²) in [7, 11) is 0. The Morgan fingerprint density at radius 1 is 1.35 bits per heavy atom. The number of urea groups is 1. The second-order valence-corrected chi connectivity index (χ2v) is 6.14. The van der Waals surface area contributed by atoms with Crippen LogP contribution in [0.2, 0.25) is 0 Å². The number of nitrogens with one attached hydrogen (secondary N) is 3. The van der Waals surface area contributed by atoms with Crippen molar-refractivity contribution in [2.24, 2.45) is 0 Å². The van der Waals surface area contributed by atoms with E-state index in [1.807, 2.05) is 0 Å². The zero-order valence-corrected chi connectivity index (χ0v) is 11.4. The smallest absolute Gasteiger partial charge is 0.322 e. The van der Waals surface area contributed by atoms with Crippen LogP contribution in [0.4, 0.5) is 9.59 Å².